The predicted molar refractivity (Wildman–Crippen MR) is 83.9 cm³/mol. The van der Waals surface area contributed by atoms with Crippen LogP contribution in [0.4, 0.5) is 5.69 Å². The minimum atomic E-state index is -0.462. The normalized spacial score (nSPS) is 10.4. The molecule has 0 unspecified atom stereocenters. The summed E-state index contributed by atoms with van der Waals surface area (Å²) in [6.45, 7) is 1.37. The number of carbonyl (C=O) groups excluding carboxylic acids is 2. The van der Waals surface area contributed by atoms with Crippen LogP contribution in [0.25, 0.3) is 0 Å². The van der Waals surface area contributed by atoms with Gasteiger partial charge in [0.1, 0.15) is 5.75 Å². The Morgan fingerprint density at radius 1 is 1.09 bits per heavy atom. The average Bonchev–Trinajstić information content (AvgIpc) is 2.49. The molecule has 0 saturated heterocycles. The quantitative estimate of drug-likeness (QED) is 0.596. The number of benzene rings is 2. The van der Waals surface area contributed by atoms with Crippen LogP contribution in [0, 0.1) is 0 Å². The van der Waals surface area contributed by atoms with Gasteiger partial charge in [0.25, 0.3) is 5.91 Å². The molecule has 0 bridgehead atoms. The zero-order valence-electron chi connectivity index (χ0n) is 11.9. The molecule has 0 aliphatic carbocycles. The number of hydrazone groups is 1. The van der Waals surface area contributed by atoms with E-state index in [1.54, 1.807) is 42.5 Å². The van der Waals surface area contributed by atoms with Crippen LogP contribution in [-0.2, 0) is 4.79 Å². The summed E-state index contributed by atoms with van der Waals surface area (Å²) >= 11 is 0. The largest absolute Gasteiger partial charge is 0.507 e. The molecule has 2 aromatic carbocycles. The van der Waals surface area contributed by atoms with Gasteiger partial charge in [-0.15, -0.1) is 0 Å². The molecule has 6 nitrogen and oxygen atoms in total. The van der Waals surface area contributed by atoms with Gasteiger partial charge in [0, 0.05) is 12.5 Å². The van der Waals surface area contributed by atoms with Crippen molar-refractivity contribution in [2.45, 2.75) is 6.92 Å². The van der Waals surface area contributed by atoms with E-state index >= 15 is 0 Å². The Balaban J connectivity index is 2.10. The summed E-state index contributed by atoms with van der Waals surface area (Å²) in [6, 6.07) is 13.2. The topological polar surface area (TPSA) is 90.8 Å². The van der Waals surface area contributed by atoms with Gasteiger partial charge in [-0.05, 0) is 24.3 Å². The van der Waals surface area contributed by atoms with E-state index in [2.05, 4.69) is 15.8 Å². The van der Waals surface area contributed by atoms with Crippen LogP contribution in [0.15, 0.2) is 53.6 Å². The number of hydrogen-bond donors (Lipinski definition) is 3. The van der Waals surface area contributed by atoms with E-state index in [4.69, 9.17) is 0 Å². The third-order valence-corrected chi connectivity index (χ3v) is 2.79. The van der Waals surface area contributed by atoms with E-state index in [0.717, 1.165) is 0 Å². The van der Waals surface area contributed by atoms with Crippen LogP contribution >= 0.6 is 0 Å². The van der Waals surface area contributed by atoms with Crippen molar-refractivity contribution in [3.05, 3.63) is 59.7 Å². The fourth-order valence-electron chi connectivity index (χ4n) is 1.80. The fourth-order valence-corrected chi connectivity index (χ4v) is 1.80. The van der Waals surface area contributed by atoms with E-state index in [0.29, 0.717) is 16.8 Å². The number of para-hydroxylation sites is 2. The van der Waals surface area contributed by atoms with Crippen LogP contribution in [0.2, 0.25) is 0 Å². The highest BCUT2D eigenvalue weighted by Crippen LogP contribution is 2.15. The highest BCUT2D eigenvalue weighted by Gasteiger charge is 2.10. The molecule has 0 atom stereocenters. The maximum absolute atomic E-state index is 12.1. The van der Waals surface area contributed by atoms with Gasteiger partial charge in [0.05, 0.1) is 17.5 Å². The summed E-state index contributed by atoms with van der Waals surface area (Å²) < 4.78 is 0. The lowest BCUT2D eigenvalue weighted by Gasteiger charge is -2.08. The smallest absolute Gasteiger partial charge is 0.273 e. The Bertz CT molecular complexity index is 726. The number of aromatic hydroxyl groups is 1. The van der Waals surface area contributed by atoms with Crippen molar-refractivity contribution in [2.75, 3.05) is 5.32 Å². The average molecular weight is 297 g/mol. The number of hydrogen-bond acceptors (Lipinski definition) is 4. The summed E-state index contributed by atoms with van der Waals surface area (Å²) in [5.41, 5.74) is 3.55. The second-order valence-electron chi connectivity index (χ2n) is 4.48. The Morgan fingerprint density at radius 2 is 1.77 bits per heavy atom. The van der Waals surface area contributed by atoms with Gasteiger partial charge in [-0.2, -0.15) is 5.10 Å². The van der Waals surface area contributed by atoms with Gasteiger partial charge in [0.15, 0.2) is 0 Å². The monoisotopic (exact) mass is 297 g/mol. The van der Waals surface area contributed by atoms with E-state index in [9.17, 15) is 14.7 Å². The summed E-state index contributed by atoms with van der Waals surface area (Å²) in [5.74, 6) is -0.659. The molecule has 2 amide bonds. The molecule has 22 heavy (non-hydrogen) atoms. The van der Waals surface area contributed by atoms with Gasteiger partial charge in [0.2, 0.25) is 5.91 Å². The van der Waals surface area contributed by atoms with Crippen molar-refractivity contribution in [1.29, 1.82) is 0 Å². The summed E-state index contributed by atoms with van der Waals surface area (Å²) in [7, 11) is 0. The molecule has 2 aromatic rings. The van der Waals surface area contributed by atoms with Crippen LogP contribution in [-0.4, -0.2) is 23.1 Å². The molecule has 112 valence electrons. The lowest BCUT2D eigenvalue weighted by atomic mass is 10.1. The Morgan fingerprint density at radius 3 is 2.50 bits per heavy atom. The van der Waals surface area contributed by atoms with Crippen molar-refractivity contribution < 1.29 is 14.7 Å². The number of anilines is 1. The Labute approximate surface area is 127 Å². The van der Waals surface area contributed by atoms with Gasteiger partial charge in [-0.3, -0.25) is 9.59 Å². The number of rotatable bonds is 4. The van der Waals surface area contributed by atoms with Gasteiger partial charge in [-0.25, -0.2) is 5.43 Å². The third-order valence-electron chi connectivity index (χ3n) is 2.79. The molecule has 0 saturated carbocycles. The second kappa shape index (κ2) is 7.03. The van der Waals surface area contributed by atoms with Gasteiger partial charge in [-0.1, -0.05) is 24.3 Å². The maximum atomic E-state index is 12.1. The lowest BCUT2D eigenvalue weighted by Crippen LogP contribution is -2.20. The molecule has 3 N–H and O–H groups in total. The molecule has 0 radical (unpaired) electrons. The number of carbonyl (C=O) groups is 2. The fraction of sp³-hybridized carbons (Fsp3) is 0.0625. The number of amides is 2. The molecule has 2 rings (SSSR count). The van der Waals surface area contributed by atoms with E-state index in [1.807, 2.05) is 0 Å². The number of nitrogens with zero attached hydrogens (tertiary/aromatic N) is 1. The van der Waals surface area contributed by atoms with Crippen molar-refractivity contribution in [2.24, 2.45) is 5.10 Å². The van der Waals surface area contributed by atoms with Crippen LogP contribution in [0.1, 0.15) is 22.8 Å². The first kappa shape index (κ1) is 15.2. The van der Waals surface area contributed by atoms with Crippen LogP contribution in [0.5, 0.6) is 5.75 Å². The van der Waals surface area contributed by atoms with Crippen molar-refractivity contribution in [1.82, 2.24) is 5.43 Å². The predicted octanol–water partition coefficient (Wildman–Crippen LogP) is 2.11. The van der Waals surface area contributed by atoms with Crippen LogP contribution in [0.3, 0.4) is 0 Å². The highest BCUT2D eigenvalue weighted by atomic mass is 16.3. The molecule has 0 heterocycles. The number of phenols is 1. The molecule has 6 heteroatoms. The molecule has 0 aliphatic rings. The van der Waals surface area contributed by atoms with Crippen LogP contribution < -0.4 is 10.7 Å². The molecule has 0 aromatic heterocycles. The van der Waals surface area contributed by atoms with Crippen molar-refractivity contribution >= 4 is 23.7 Å². The summed E-state index contributed by atoms with van der Waals surface area (Å²) in [5, 5.41) is 16.0. The van der Waals surface area contributed by atoms with Crippen molar-refractivity contribution in [3.63, 3.8) is 0 Å². The van der Waals surface area contributed by atoms with Crippen molar-refractivity contribution in [3.8, 4) is 5.75 Å². The molecular formula is C16H15N3O3. The van der Waals surface area contributed by atoms with Gasteiger partial charge >= 0.3 is 0 Å². The zero-order valence-corrected chi connectivity index (χ0v) is 11.9. The zero-order chi connectivity index (χ0) is 15.9. The van der Waals surface area contributed by atoms with E-state index in [1.165, 1.54) is 19.2 Å². The standard InChI is InChI=1S/C16H15N3O3/c1-11(20)18-14-8-4-3-7-13(14)16(22)19-17-10-12-6-2-5-9-15(12)21/h2-10,21H,1H3,(H,18,20)(H,19,22)/b17-10+. The molecule has 0 spiro atoms. The lowest BCUT2D eigenvalue weighted by molar-refractivity contribution is -0.114. The number of nitrogens with one attached hydrogen (secondary N) is 2. The summed E-state index contributed by atoms with van der Waals surface area (Å²) in [6.07, 6.45) is 1.34. The summed E-state index contributed by atoms with van der Waals surface area (Å²) in [4.78, 5) is 23.2. The van der Waals surface area contributed by atoms with E-state index < -0.39 is 5.91 Å². The molecule has 0 aliphatic heterocycles. The maximum Gasteiger partial charge on any atom is 0.273 e. The first-order valence-corrected chi connectivity index (χ1v) is 6.56. The second-order valence-corrected chi connectivity index (χ2v) is 4.48. The first-order chi connectivity index (χ1) is 10.6. The molecule has 0 fully saturated rings. The third kappa shape index (κ3) is 3.92. The highest BCUT2D eigenvalue weighted by molar-refractivity contribution is 6.03. The minimum absolute atomic E-state index is 0.0687. The Kier molecular flexibility index (Phi) is 4.87. The first-order valence-electron chi connectivity index (χ1n) is 6.56. The van der Waals surface area contributed by atoms with Gasteiger partial charge < -0.3 is 10.4 Å². The minimum Gasteiger partial charge on any atom is -0.507 e. The SMILES string of the molecule is CC(=O)Nc1ccccc1C(=O)N/N=C/c1ccccc1O. The Hall–Kier alpha value is -3.15. The van der Waals surface area contributed by atoms with E-state index in [-0.39, 0.29) is 11.7 Å². The molecular weight excluding hydrogens is 282 g/mol. The number of phenolic OH excluding ortho intramolecular Hbond substituents is 1.